The first-order valence-electron chi connectivity index (χ1n) is 4.06. The van der Waals surface area contributed by atoms with Crippen molar-refractivity contribution in [2.45, 2.75) is 0 Å². The third-order valence-electron chi connectivity index (χ3n) is 1.55. The van der Waals surface area contributed by atoms with Gasteiger partial charge in [0.05, 0.1) is 15.6 Å². The summed E-state index contributed by atoms with van der Waals surface area (Å²) < 4.78 is 0.400. The predicted octanol–water partition coefficient (Wildman–Crippen LogP) is 0.965. The molecular formula is C8H8BrN5O2. The third-order valence-corrected chi connectivity index (χ3v) is 2.22. The molecule has 0 heterocycles. The van der Waals surface area contributed by atoms with Gasteiger partial charge in [-0.15, -0.1) is 5.10 Å². The Morgan fingerprint density at radius 3 is 2.75 bits per heavy atom. The van der Waals surface area contributed by atoms with Crippen molar-refractivity contribution in [2.75, 3.05) is 0 Å². The molecule has 1 aromatic rings. The second-order valence-corrected chi connectivity index (χ2v) is 3.59. The topological polar surface area (TPSA) is 120 Å². The molecule has 16 heavy (non-hydrogen) atoms. The molecule has 0 fully saturated rings. The fraction of sp³-hybridized carbons (Fsp3) is 0. The average Bonchev–Trinajstić information content (AvgIpc) is 2.19. The Hall–Kier alpha value is -1.96. The molecule has 0 aliphatic carbocycles. The Labute approximate surface area is 99.1 Å². The van der Waals surface area contributed by atoms with Gasteiger partial charge in [-0.05, 0) is 22.0 Å². The smallest absolute Gasteiger partial charge is 0.284 e. The molecule has 4 N–H and O–H groups in total. The Morgan fingerprint density at radius 2 is 2.19 bits per heavy atom. The lowest BCUT2D eigenvalue weighted by Gasteiger charge is -1.96. The number of nitro benzene ring substituents is 1. The van der Waals surface area contributed by atoms with Gasteiger partial charge in [0.25, 0.3) is 5.69 Å². The molecule has 0 amide bonds. The van der Waals surface area contributed by atoms with Gasteiger partial charge >= 0.3 is 0 Å². The van der Waals surface area contributed by atoms with E-state index < -0.39 is 4.92 Å². The van der Waals surface area contributed by atoms with E-state index in [9.17, 15) is 10.1 Å². The van der Waals surface area contributed by atoms with Gasteiger partial charge < -0.3 is 11.5 Å². The second kappa shape index (κ2) is 5.21. The maximum atomic E-state index is 10.6. The van der Waals surface area contributed by atoms with Gasteiger partial charge in [0.1, 0.15) is 0 Å². The Balaban J connectivity index is 3.00. The lowest BCUT2D eigenvalue weighted by molar-refractivity contribution is -0.385. The summed E-state index contributed by atoms with van der Waals surface area (Å²) in [5.41, 5.74) is 10.6. The summed E-state index contributed by atoms with van der Waals surface area (Å²) in [6.45, 7) is 0. The van der Waals surface area contributed by atoms with E-state index in [2.05, 4.69) is 26.1 Å². The molecule has 0 spiro atoms. The van der Waals surface area contributed by atoms with E-state index in [0.717, 1.165) is 0 Å². The Kier molecular flexibility index (Phi) is 3.95. The summed E-state index contributed by atoms with van der Waals surface area (Å²) in [5.74, 6) is -0.178. The molecular weight excluding hydrogens is 278 g/mol. The summed E-state index contributed by atoms with van der Waals surface area (Å²) >= 11 is 3.07. The number of halogens is 1. The van der Waals surface area contributed by atoms with Crippen LogP contribution in [0.3, 0.4) is 0 Å². The quantitative estimate of drug-likeness (QED) is 0.372. The van der Waals surface area contributed by atoms with Crippen LogP contribution in [0.5, 0.6) is 0 Å². The van der Waals surface area contributed by atoms with Crippen molar-refractivity contribution in [3.8, 4) is 0 Å². The fourth-order valence-electron chi connectivity index (χ4n) is 0.912. The van der Waals surface area contributed by atoms with Crippen molar-refractivity contribution in [3.05, 3.63) is 38.3 Å². The molecule has 0 saturated heterocycles. The maximum Gasteiger partial charge on any atom is 0.284 e. The van der Waals surface area contributed by atoms with Crippen molar-refractivity contribution in [2.24, 2.45) is 21.7 Å². The van der Waals surface area contributed by atoms with E-state index in [1.54, 1.807) is 12.1 Å². The van der Waals surface area contributed by atoms with Crippen LogP contribution in [0.25, 0.3) is 0 Å². The third kappa shape index (κ3) is 3.31. The fourth-order valence-corrected chi connectivity index (χ4v) is 1.30. The van der Waals surface area contributed by atoms with Crippen LogP contribution in [-0.4, -0.2) is 17.1 Å². The molecule has 0 bridgehead atoms. The summed E-state index contributed by atoms with van der Waals surface area (Å²) in [6.07, 6.45) is 1.32. The molecule has 1 rings (SSSR count). The average molecular weight is 286 g/mol. The van der Waals surface area contributed by atoms with Gasteiger partial charge in [0.15, 0.2) is 0 Å². The van der Waals surface area contributed by atoms with Gasteiger partial charge in [-0.1, -0.05) is 6.07 Å². The highest BCUT2D eigenvalue weighted by Gasteiger charge is 2.11. The molecule has 84 valence electrons. The molecule has 8 heteroatoms. The van der Waals surface area contributed by atoms with Crippen LogP contribution in [0, 0.1) is 10.1 Å². The molecule has 0 radical (unpaired) electrons. The van der Waals surface area contributed by atoms with E-state index in [1.807, 2.05) is 0 Å². The zero-order valence-corrected chi connectivity index (χ0v) is 9.59. The van der Waals surface area contributed by atoms with Gasteiger partial charge in [-0.25, -0.2) is 0 Å². The van der Waals surface area contributed by atoms with E-state index in [-0.39, 0.29) is 11.6 Å². The lowest BCUT2D eigenvalue weighted by Crippen LogP contribution is -2.21. The van der Waals surface area contributed by atoms with Crippen LogP contribution < -0.4 is 11.5 Å². The number of guanidine groups is 1. The number of hydrogen-bond donors (Lipinski definition) is 2. The molecule has 1 aromatic carbocycles. The van der Waals surface area contributed by atoms with Crippen LogP contribution in [0.1, 0.15) is 5.56 Å². The van der Waals surface area contributed by atoms with Gasteiger partial charge in [0.2, 0.25) is 5.96 Å². The normalized spacial score (nSPS) is 10.3. The highest BCUT2D eigenvalue weighted by molar-refractivity contribution is 9.10. The molecule has 0 saturated carbocycles. The van der Waals surface area contributed by atoms with E-state index in [1.165, 1.54) is 12.3 Å². The largest absolute Gasteiger partial charge is 0.369 e. The minimum atomic E-state index is -0.498. The van der Waals surface area contributed by atoms with Crippen LogP contribution in [-0.2, 0) is 0 Å². The monoisotopic (exact) mass is 285 g/mol. The Morgan fingerprint density at radius 1 is 1.50 bits per heavy atom. The first-order chi connectivity index (χ1) is 7.50. The first-order valence-corrected chi connectivity index (χ1v) is 4.86. The number of nitro groups is 1. The molecule has 7 nitrogen and oxygen atoms in total. The summed E-state index contributed by atoms with van der Waals surface area (Å²) in [4.78, 5) is 10.1. The SMILES string of the molecule is NC(N)=N/N=C/c1ccc(Br)c([N+](=O)[O-])c1. The maximum absolute atomic E-state index is 10.6. The number of benzene rings is 1. The molecule has 0 aliphatic heterocycles. The van der Waals surface area contributed by atoms with Gasteiger partial charge in [-0.2, -0.15) is 5.10 Å². The van der Waals surface area contributed by atoms with Crippen molar-refractivity contribution in [1.82, 2.24) is 0 Å². The minimum Gasteiger partial charge on any atom is -0.369 e. The zero-order chi connectivity index (χ0) is 12.1. The van der Waals surface area contributed by atoms with Crippen molar-refractivity contribution >= 4 is 33.8 Å². The Bertz CT molecular complexity index is 467. The second-order valence-electron chi connectivity index (χ2n) is 2.74. The van der Waals surface area contributed by atoms with Crippen LogP contribution in [0.15, 0.2) is 32.9 Å². The van der Waals surface area contributed by atoms with Gasteiger partial charge in [0, 0.05) is 11.6 Å². The number of nitrogens with zero attached hydrogens (tertiary/aromatic N) is 3. The molecule has 0 aromatic heterocycles. The van der Waals surface area contributed by atoms with Crippen molar-refractivity contribution in [1.29, 1.82) is 0 Å². The number of nitrogens with two attached hydrogens (primary N) is 2. The van der Waals surface area contributed by atoms with E-state index >= 15 is 0 Å². The van der Waals surface area contributed by atoms with E-state index in [4.69, 9.17) is 11.5 Å². The van der Waals surface area contributed by atoms with Crippen LogP contribution >= 0.6 is 15.9 Å². The lowest BCUT2D eigenvalue weighted by atomic mass is 10.2. The summed E-state index contributed by atoms with van der Waals surface area (Å²) in [5, 5.41) is 17.5. The summed E-state index contributed by atoms with van der Waals surface area (Å²) in [6, 6.07) is 4.55. The van der Waals surface area contributed by atoms with Crippen LogP contribution in [0.4, 0.5) is 5.69 Å². The number of rotatable bonds is 3. The molecule has 0 unspecified atom stereocenters. The first kappa shape index (κ1) is 12.1. The standard InChI is InChI=1S/C8H8BrN5O2/c9-6-2-1-5(3-7(6)14(15)16)4-12-13-8(10)11/h1-4H,(H4,10,11,13)/b12-4+. The highest BCUT2D eigenvalue weighted by atomic mass is 79.9. The summed E-state index contributed by atoms with van der Waals surface area (Å²) in [7, 11) is 0. The van der Waals surface area contributed by atoms with Crippen molar-refractivity contribution < 1.29 is 4.92 Å². The van der Waals surface area contributed by atoms with Gasteiger partial charge in [-0.3, -0.25) is 10.1 Å². The number of hydrogen-bond acceptors (Lipinski definition) is 4. The predicted molar refractivity (Wildman–Crippen MR) is 64.2 cm³/mol. The highest BCUT2D eigenvalue weighted by Crippen LogP contribution is 2.24. The van der Waals surface area contributed by atoms with E-state index in [0.29, 0.717) is 10.0 Å². The van der Waals surface area contributed by atoms with Crippen molar-refractivity contribution in [3.63, 3.8) is 0 Å². The minimum absolute atomic E-state index is 0.0475. The molecule has 0 aliphatic rings. The molecule has 0 atom stereocenters. The zero-order valence-electron chi connectivity index (χ0n) is 8.00. The van der Waals surface area contributed by atoms with Crippen LogP contribution in [0.2, 0.25) is 0 Å².